The summed E-state index contributed by atoms with van der Waals surface area (Å²) >= 11 is 6.18. The van der Waals surface area contributed by atoms with Crippen molar-refractivity contribution in [3.05, 3.63) is 64.4 Å². The Morgan fingerprint density at radius 1 is 1.04 bits per heavy atom. The largest absolute Gasteiger partial charge is 0.349 e. The van der Waals surface area contributed by atoms with Gasteiger partial charge in [0.25, 0.3) is 5.91 Å². The van der Waals surface area contributed by atoms with E-state index in [-0.39, 0.29) is 30.1 Å². The number of halogens is 2. The Morgan fingerprint density at radius 3 is 2.44 bits per heavy atom. The van der Waals surface area contributed by atoms with Gasteiger partial charge in [0.2, 0.25) is 5.91 Å². The summed E-state index contributed by atoms with van der Waals surface area (Å²) in [6.45, 7) is 0. The van der Waals surface area contributed by atoms with Crippen LogP contribution in [0.2, 0.25) is 5.02 Å². The van der Waals surface area contributed by atoms with Gasteiger partial charge in [0.15, 0.2) is 0 Å². The standard InChI is InChI=1S/C21H22ClFN2O2/c22-19-11-10-17(24-20(26)12-14-6-8-15(23)9-7-14)13-18(19)21(27)25-16-4-2-1-3-5-16/h6-11,13,16H,1-5,12H2,(H,24,26)(H,25,27). The van der Waals surface area contributed by atoms with E-state index < -0.39 is 0 Å². The van der Waals surface area contributed by atoms with Crippen LogP contribution in [0.4, 0.5) is 10.1 Å². The fourth-order valence-electron chi connectivity index (χ4n) is 3.28. The third-order valence-corrected chi connectivity index (χ3v) is 5.04. The Balaban J connectivity index is 1.64. The van der Waals surface area contributed by atoms with E-state index in [1.807, 2.05) is 0 Å². The van der Waals surface area contributed by atoms with Gasteiger partial charge in [-0.05, 0) is 48.7 Å². The monoisotopic (exact) mass is 388 g/mol. The number of carbonyl (C=O) groups excluding carboxylic acids is 2. The van der Waals surface area contributed by atoms with E-state index in [9.17, 15) is 14.0 Å². The maximum Gasteiger partial charge on any atom is 0.253 e. The van der Waals surface area contributed by atoms with Crippen LogP contribution in [0.15, 0.2) is 42.5 Å². The first-order valence-corrected chi connectivity index (χ1v) is 9.54. The molecule has 0 radical (unpaired) electrons. The zero-order valence-corrected chi connectivity index (χ0v) is 15.7. The van der Waals surface area contributed by atoms with Crippen molar-refractivity contribution in [2.75, 3.05) is 5.32 Å². The highest BCUT2D eigenvalue weighted by Gasteiger charge is 2.19. The Kier molecular flexibility index (Phi) is 6.45. The van der Waals surface area contributed by atoms with Crippen LogP contribution in [0.3, 0.4) is 0 Å². The Labute approximate surface area is 163 Å². The molecule has 2 amide bonds. The van der Waals surface area contributed by atoms with Gasteiger partial charge in [0, 0.05) is 11.7 Å². The third-order valence-electron chi connectivity index (χ3n) is 4.71. The summed E-state index contributed by atoms with van der Waals surface area (Å²) in [7, 11) is 0. The van der Waals surface area contributed by atoms with E-state index >= 15 is 0 Å². The minimum atomic E-state index is -0.342. The summed E-state index contributed by atoms with van der Waals surface area (Å²) < 4.78 is 12.9. The second-order valence-electron chi connectivity index (χ2n) is 6.85. The minimum Gasteiger partial charge on any atom is -0.349 e. The van der Waals surface area contributed by atoms with Crippen molar-refractivity contribution < 1.29 is 14.0 Å². The summed E-state index contributed by atoms with van der Waals surface area (Å²) in [6, 6.07) is 10.8. The lowest BCUT2D eigenvalue weighted by atomic mass is 9.95. The molecule has 0 heterocycles. The van der Waals surface area contributed by atoms with E-state index in [1.165, 1.54) is 18.6 Å². The van der Waals surface area contributed by atoms with Gasteiger partial charge < -0.3 is 10.6 Å². The van der Waals surface area contributed by atoms with E-state index in [2.05, 4.69) is 10.6 Å². The Hall–Kier alpha value is -2.40. The third kappa shape index (κ3) is 5.54. The van der Waals surface area contributed by atoms with E-state index in [4.69, 9.17) is 11.6 Å². The lowest BCUT2D eigenvalue weighted by Crippen LogP contribution is -2.36. The molecule has 27 heavy (non-hydrogen) atoms. The van der Waals surface area contributed by atoms with Crippen LogP contribution in [0, 0.1) is 5.82 Å². The molecule has 1 aliphatic rings. The van der Waals surface area contributed by atoms with Crippen LogP contribution < -0.4 is 10.6 Å². The van der Waals surface area contributed by atoms with Gasteiger partial charge in [-0.25, -0.2) is 4.39 Å². The van der Waals surface area contributed by atoms with Gasteiger partial charge in [-0.2, -0.15) is 0 Å². The molecular weight excluding hydrogens is 367 g/mol. The summed E-state index contributed by atoms with van der Waals surface area (Å²) in [6.07, 6.45) is 5.54. The normalized spacial score (nSPS) is 14.6. The van der Waals surface area contributed by atoms with Crippen molar-refractivity contribution in [3.63, 3.8) is 0 Å². The maximum atomic E-state index is 12.9. The molecule has 0 atom stereocenters. The smallest absolute Gasteiger partial charge is 0.253 e. The molecule has 1 fully saturated rings. The molecule has 0 spiro atoms. The second-order valence-corrected chi connectivity index (χ2v) is 7.26. The van der Waals surface area contributed by atoms with Crippen molar-refractivity contribution in [2.24, 2.45) is 0 Å². The van der Waals surface area contributed by atoms with Crippen LogP contribution in [0.1, 0.15) is 48.0 Å². The van der Waals surface area contributed by atoms with Crippen LogP contribution in [-0.2, 0) is 11.2 Å². The first-order valence-electron chi connectivity index (χ1n) is 9.16. The van der Waals surface area contributed by atoms with Gasteiger partial charge in [0.1, 0.15) is 5.82 Å². The van der Waals surface area contributed by atoms with Crippen molar-refractivity contribution >= 4 is 29.1 Å². The quantitative estimate of drug-likeness (QED) is 0.778. The van der Waals surface area contributed by atoms with Crippen LogP contribution in [-0.4, -0.2) is 17.9 Å². The molecule has 0 bridgehead atoms. The van der Waals surface area contributed by atoms with Crippen molar-refractivity contribution in [2.45, 2.75) is 44.6 Å². The Bertz CT molecular complexity index is 817. The van der Waals surface area contributed by atoms with Crippen LogP contribution in [0.25, 0.3) is 0 Å². The molecule has 1 aliphatic carbocycles. The number of amides is 2. The van der Waals surface area contributed by atoms with Crippen molar-refractivity contribution in [1.29, 1.82) is 0 Å². The molecule has 142 valence electrons. The van der Waals surface area contributed by atoms with Crippen LogP contribution in [0.5, 0.6) is 0 Å². The van der Waals surface area contributed by atoms with Gasteiger partial charge in [-0.15, -0.1) is 0 Å². The second kappa shape index (κ2) is 9.00. The highest BCUT2D eigenvalue weighted by atomic mass is 35.5. The molecule has 3 rings (SSSR count). The zero-order valence-electron chi connectivity index (χ0n) is 14.9. The molecule has 2 N–H and O–H groups in total. The lowest BCUT2D eigenvalue weighted by molar-refractivity contribution is -0.115. The topological polar surface area (TPSA) is 58.2 Å². The molecule has 1 saturated carbocycles. The number of hydrogen-bond acceptors (Lipinski definition) is 2. The number of carbonyl (C=O) groups is 2. The summed E-state index contributed by atoms with van der Waals surface area (Å²) in [5, 5.41) is 6.14. The summed E-state index contributed by atoms with van der Waals surface area (Å²) in [4.78, 5) is 24.8. The fourth-order valence-corrected chi connectivity index (χ4v) is 3.48. The van der Waals surface area contributed by atoms with E-state index in [0.29, 0.717) is 21.8 Å². The Morgan fingerprint density at radius 2 is 1.74 bits per heavy atom. The van der Waals surface area contributed by atoms with E-state index in [1.54, 1.807) is 30.3 Å². The first-order chi connectivity index (χ1) is 13.0. The average Bonchev–Trinajstić information content (AvgIpc) is 2.66. The fraction of sp³-hybridized carbons (Fsp3) is 0.333. The molecule has 2 aromatic carbocycles. The predicted molar refractivity (Wildman–Crippen MR) is 105 cm³/mol. The van der Waals surface area contributed by atoms with Crippen LogP contribution >= 0.6 is 11.6 Å². The number of anilines is 1. The van der Waals surface area contributed by atoms with Gasteiger partial charge in [0.05, 0.1) is 17.0 Å². The number of nitrogens with one attached hydrogen (secondary N) is 2. The zero-order chi connectivity index (χ0) is 19.2. The van der Waals surface area contributed by atoms with Crippen molar-refractivity contribution in [1.82, 2.24) is 5.32 Å². The first kappa shape index (κ1) is 19.4. The minimum absolute atomic E-state index is 0.118. The number of benzene rings is 2. The molecule has 2 aromatic rings. The van der Waals surface area contributed by atoms with Gasteiger partial charge in [-0.1, -0.05) is 43.0 Å². The molecule has 0 aliphatic heterocycles. The summed E-state index contributed by atoms with van der Waals surface area (Å²) in [5.74, 6) is -0.811. The van der Waals surface area contributed by atoms with Gasteiger partial charge >= 0.3 is 0 Å². The molecule has 0 saturated heterocycles. The summed E-state index contributed by atoms with van der Waals surface area (Å²) in [5.41, 5.74) is 1.56. The SMILES string of the molecule is O=C(Cc1ccc(F)cc1)Nc1ccc(Cl)c(C(=O)NC2CCCCC2)c1. The number of rotatable bonds is 5. The van der Waals surface area contributed by atoms with Crippen molar-refractivity contribution in [3.8, 4) is 0 Å². The predicted octanol–water partition coefficient (Wildman–Crippen LogP) is 4.72. The molecular formula is C21H22ClFN2O2. The highest BCUT2D eigenvalue weighted by molar-refractivity contribution is 6.34. The van der Waals surface area contributed by atoms with Gasteiger partial charge in [-0.3, -0.25) is 9.59 Å². The lowest BCUT2D eigenvalue weighted by Gasteiger charge is -2.23. The maximum absolute atomic E-state index is 12.9. The molecule has 6 heteroatoms. The molecule has 0 aromatic heterocycles. The number of hydrogen-bond donors (Lipinski definition) is 2. The van der Waals surface area contributed by atoms with E-state index in [0.717, 1.165) is 25.7 Å². The highest BCUT2D eigenvalue weighted by Crippen LogP contribution is 2.23. The molecule has 0 unspecified atom stereocenters. The average molecular weight is 389 g/mol. The molecule has 4 nitrogen and oxygen atoms in total.